The molecule has 1 aromatic heterocycles. The van der Waals surface area contributed by atoms with E-state index < -0.39 is 0 Å². The van der Waals surface area contributed by atoms with Crippen LogP contribution in [0.4, 0.5) is 5.69 Å². The number of amides is 1. The lowest BCUT2D eigenvalue weighted by Crippen LogP contribution is -2.33. The molecule has 1 N–H and O–H groups in total. The van der Waals surface area contributed by atoms with Gasteiger partial charge in [-0.1, -0.05) is 30.0 Å². The summed E-state index contributed by atoms with van der Waals surface area (Å²) in [5, 5.41) is 11.7. The molecule has 31 heavy (non-hydrogen) atoms. The molecule has 7 nitrogen and oxygen atoms in total. The maximum Gasteiger partial charge on any atom is 0.277 e. The molecule has 0 aliphatic carbocycles. The van der Waals surface area contributed by atoms with Gasteiger partial charge in [-0.05, 0) is 44.2 Å². The highest BCUT2D eigenvalue weighted by Gasteiger charge is 2.23. The number of benzene rings is 2. The summed E-state index contributed by atoms with van der Waals surface area (Å²) < 4.78 is 11.4. The SMILES string of the molecule is CCN(CC)c1ccc(-c2nnc(SCC(=O)N[C@@H]3CCOc4ccccc43)o2)cc1. The fourth-order valence-corrected chi connectivity index (χ4v) is 4.22. The summed E-state index contributed by atoms with van der Waals surface area (Å²) in [5.41, 5.74) is 3.04. The van der Waals surface area contributed by atoms with Crippen molar-refractivity contribution < 1.29 is 13.9 Å². The van der Waals surface area contributed by atoms with Crippen molar-refractivity contribution in [3.8, 4) is 17.2 Å². The molecule has 1 atom stereocenters. The highest BCUT2D eigenvalue weighted by molar-refractivity contribution is 7.99. The number of nitrogens with one attached hydrogen (secondary N) is 1. The maximum absolute atomic E-state index is 12.5. The van der Waals surface area contributed by atoms with Gasteiger partial charge in [0.15, 0.2) is 0 Å². The first kappa shape index (κ1) is 21.2. The van der Waals surface area contributed by atoms with Crippen LogP contribution < -0.4 is 15.0 Å². The third-order valence-corrected chi connectivity index (χ3v) is 6.09. The van der Waals surface area contributed by atoms with Crippen LogP contribution in [0, 0.1) is 0 Å². The minimum absolute atomic E-state index is 0.0411. The molecule has 0 saturated heterocycles. The molecule has 0 fully saturated rings. The standard InChI is InChI=1S/C23H26N4O3S/c1-3-27(4-2)17-11-9-16(10-12-17)22-25-26-23(30-22)31-15-21(28)24-19-13-14-29-20-8-6-5-7-18(19)20/h5-12,19H,3-4,13-15H2,1-2H3,(H,24,28)/t19-/m1/s1. The lowest BCUT2D eigenvalue weighted by Gasteiger charge is -2.26. The lowest BCUT2D eigenvalue weighted by atomic mass is 10.0. The fraction of sp³-hybridized carbons (Fsp3) is 0.348. The summed E-state index contributed by atoms with van der Waals surface area (Å²) in [6.45, 7) is 6.78. The third kappa shape index (κ3) is 5.02. The smallest absolute Gasteiger partial charge is 0.277 e. The zero-order valence-electron chi connectivity index (χ0n) is 17.7. The molecule has 0 saturated carbocycles. The van der Waals surface area contributed by atoms with Gasteiger partial charge in [0.2, 0.25) is 11.8 Å². The Morgan fingerprint density at radius 3 is 2.68 bits per heavy atom. The number of aromatic nitrogens is 2. The molecule has 162 valence electrons. The predicted octanol–water partition coefficient (Wildman–Crippen LogP) is 4.31. The number of rotatable bonds is 8. The van der Waals surface area contributed by atoms with Crippen LogP contribution in [0.3, 0.4) is 0 Å². The van der Waals surface area contributed by atoms with Crippen molar-refractivity contribution in [1.29, 1.82) is 0 Å². The van der Waals surface area contributed by atoms with Crippen molar-refractivity contribution in [2.75, 3.05) is 30.3 Å². The van der Waals surface area contributed by atoms with Gasteiger partial charge in [-0.2, -0.15) is 0 Å². The number of carbonyl (C=O) groups is 1. The van der Waals surface area contributed by atoms with Crippen molar-refractivity contribution in [1.82, 2.24) is 15.5 Å². The normalized spacial score (nSPS) is 15.1. The van der Waals surface area contributed by atoms with Gasteiger partial charge in [0, 0.05) is 36.3 Å². The Hall–Kier alpha value is -3.00. The molecule has 8 heteroatoms. The molecule has 2 heterocycles. The minimum Gasteiger partial charge on any atom is -0.493 e. The molecule has 2 aromatic carbocycles. The van der Waals surface area contributed by atoms with Gasteiger partial charge >= 0.3 is 0 Å². The molecular formula is C23H26N4O3S. The maximum atomic E-state index is 12.5. The number of thioether (sulfide) groups is 1. The monoisotopic (exact) mass is 438 g/mol. The highest BCUT2D eigenvalue weighted by Crippen LogP contribution is 2.32. The summed E-state index contributed by atoms with van der Waals surface area (Å²) in [6, 6.07) is 15.8. The third-order valence-electron chi connectivity index (χ3n) is 5.27. The topological polar surface area (TPSA) is 80.5 Å². The molecule has 0 bridgehead atoms. The number of fused-ring (bicyclic) bond motifs is 1. The zero-order chi connectivity index (χ0) is 21.6. The minimum atomic E-state index is -0.0740. The lowest BCUT2D eigenvalue weighted by molar-refractivity contribution is -0.119. The molecule has 4 rings (SSSR count). The number of carbonyl (C=O) groups excluding carboxylic acids is 1. The number of para-hydroxylation sites is 1. The van der Waals surface area contributed by atoms with Crippen LogP contribution in [0.2, 0.25) is 0 Å². The van der Waals surface area contributed by atoms with Crippen molar-refractivity contribution in [3.05, 3.63) is 54.1 Å². The summed E-state index contributed by atoms with van der Waals surface area (Å²) >= 11 is 1.24. The average Bonchev–Trinajstić information content (AvgIpc) is 3.28. The van der Waals surface area contributed by atoms with Crippen LogP contribution in [0.15, 0.2) is 58.2 Å². The quantitative estimate of drug-likeness (QED) is 0.525. The van der Waals surface area contributed by atoms with Crippen LogP contribution in [-0.4, -0.2) is 41.6 Å². The van der Waals surface area contributed by atoms with E-state index in [2.05, 4.69) is 46.4 Å². The number of anilines is 1. The van der Waals surface area contributed by atoms with Gasteiger partial charge in [0.05, 0.1) is 18.4 Å². The van der Waals surface area contributed by atoms with Crippen LogP contribution in [0.5, 0.6) is 5.75 Å². The van der Waals surface area contributed by atoms with Gasteiger partial charge in [-0.15, -0.1) is 10.2 Å². The number of hydrogen-bond acceptors (Lipinski definition) is 7. The van der Waals surface area contributed by atoms with Gasteiger partial charge in [0.25, 0.3) is 5.22 Å². The number of ether oxygens (including phenoxy) is 1. The summed E-state index contributed by atoms with van der Waals surface area (Å²) in [7, 11) is 0. The second-order valence-corrected chi connectivity index (χ2v) is 8.10. The van der Waals surface area contributed by atoms with Crippen molar-refractivity contribution in [2.45, 2.75) is 31.5 Å². The molecule has 0 spiro atoms. The van der Waals surface area contributed by atoms with E-state index in [-0.39, 0.29) is 17.7 Å². The molecule has 1 aliphatic heterocycles. The van der Waals surface area contributed by atoms with Crippen LogP contribution in [0.25, 0.3) is 11.5 Å². The molecule has 1 aliphatic rings. The van der Waals surface area contributed by atoms with Crippen LogP contribution >= 0.6 is 11.8 Å². The van der Waals surface area contributed by atoms with E-state index >= 15 is 0 Å². The molecule has 1 amide bonds. The summed E-state index contributed by atoms with van der Waals surface area (Å²) in [4.78, 5) is 14.7. The first-order valence-electron chi connectivity index (χ1n) is 10.5. The van der Waals surface area contributed by atoms with E-state index in [0.717, 1.165) is 42.1 Å². The molecule has 0 unspecified atom stereocenters. The zero-order valence-corrected chi connectivity index (χ0v) is 18.5. The van der Waals surface area contributed by atoms with E-state index in [1.54, 1.807) is 0 Å². The summed E-state index contributed by atoms with van der Waals surface area (Å²) in [5.74, 6) is 1.42. The number of hydrogen-bond donors (Lipinski definition) is 1. The van der Waals surface area contributed by atoms with Gasteiger partial charge < -0.3 is 19.4 Å². The van der Waals surface area contributed by atoms with Crippen molar-refractivity contribution >= 4 is 23.4 Å². The van der Waals surface area contributed by atoms with Gasteiger partial charge in [0.1, 0.15) is 5.75 Å². The van der Waals surface area contributed by atoms with Crippen LogP contribution in [0.1, 0.15) is 31.9 Å². The second-order valence-electron chi connectivity index (χ2n) is 7.18. The Morgan fingerprint density at radius 1 is 1.13 bits per heavy atom. The highest BCUT2D eigenvalue weighted by atomic mass is 32.2. The fourth-order valence-electron chi connectivity index (χ4n) is 3.64. The first-order valence-corrected chi connectivity index (χ1v) is 11.5. The van der Waals surface area contributed by atoms with Crippen molar-refractivity contribution in [2.24, 2.45) is 0 Å². The van der Waals surface area contributed by atoms with Gasteiger partial charge in [-0.3, -0.25) is 4.79 Å². The predicted molar refractivity (Wildman–Crippen MR) is 121 cm³/mol. The van der Waals surface area contributed by atoms with E-state index in [9.17, 15) is 4.79 Å². The van der Waals surface area contributed by atoms with Crippen LogP contribution in [-0.2, 0) is 4.79 Å². The molecular weight excluding hydrogens is 412 g/mol. The van der Waals surface area contributed by atoms with E-state index in [4.69, 9.17) is 9.15 Å². The second kappa shape index (κ2) is 9.87. The summed E-state index contributed by atoms with van der Waals surface area (Å²) in [6.07, 6.45) is 0.752. The molecule has 0 radical (unpaired) electrons. The Kier molecular flexibility index (Phi) is 6.76. The van der Waals surface area contributed by atoms with Gasteiger partial charge in [-0.25, -0.2) is 0 Å². The Morgan fingerprint density at radius 2 is 1.90 bits per heavy atom. The number of nitrogens with zero attached hydrogens (tertiary/aromatic N) is 3. The average molecular weight is 439 g/mol. The largest absolute Gasteiger partial charge is 0.493 e. The van der Waals surface area contributed by atoms with Crippen molar-refractivity contribution in [3.63, 3.8) is 0 Å². The van der Waals surface area contributed by atoms with E-state index in [0.29, 0.717) is 17.7 Å². The Labute approximate surface area is 186 Å². The Balaban J connectivity index is 1.33. The molecule has 3 aromatic rings. The van der Waals surface area contributed by atoms with E-state index in [1.807, 2.05) is 36.4 Å². The van der Waals surface area contributed by atoms with E-state index in [1.165, 1.54) is 11.8 Å². The first-order chi connectivity index (χ1) is 15.2. The Bertz CT molecular complexity index is 1020.